The molecule has 0 saturated heterocycles. The SMILES string of the molecule is CCNC(C1=CCCCO1)c1ncc(Br)cc1Br. The Kier molecular flexibility index (Phi) is 5.21. The molecule has 2 rings (SSSR count). The van der Waals surface area contributed by atoms with Crippen molar-refractivity contribution < 1.29 is 4.74 Å². The topological polar surface area (TPSA) is 34.1 Å². The molecule has 0 aromatic carbocycles. The van der Waals surface area contributed by atoms with Crippen molar-refractivity contribution in [3.8, 4) is 0 Å². The van der Waals surface area contributed by atoms with Gasteiger partial charge in [-0.25, -0.2) is 0 Å². The third kappa shape index (κ3) is 3.33. The number of nitrogens with zero attached hydrogens (tertiary/aromatic N) is 1. The number of rotatable bonds is 4. The van der Waals surface area contributed by atoms with Gasteiger partial charge in [-0.05, 0) is 63.4 Å². The largest absolute Gasteiger partial charge is 0.496 e. The number of pyridine rings is 1. The Morgan fingerprint density at radius 3 is 2.94 bits per heavy atom. The van der Waals surface area contributed by atoms with Gasteiger partial charge in [-0.15, -0.1) is 0 Å². The first kappa shape index (κ1) is 14.0. The summed E-state index contributed by atoms with van der Waals surface area (Å²) < 4.78 is 7.71. The third-order valence-electron chi connectivity index (χ3n) is 2.77. The maximum atomic E-state index is 5.76. The van der Waals surface area contributed by atoms with Crippen LogP contribution in [0.3, 0.4) is 0 Å². The van der Waals surface area contributed by atoms with Crippen LogP contribution >= 0.6 is 31.9 Å². The van der Waals surface area contributed by atoms with Crippen LogP contribution in [0.15, 0.2) is 33.0 Å². The Morgan fingerprint density at radius 1 is 1.50 bits per heavy atom. The van der Waals surface area contributed by atoms with Gasteiger partial charge in [0, 0.05) is 15.1 Å². The van der Waals surface area contributed by atoms with Crippen LogP contribution in [0.4, 0.5) is 0 Å². The quantitative estimate of drug-likeness (QED) is 0.864. The van der Waals surface area contributed by atoms with E-state index in [-0.39, 0.29) is 6.04 Å². The van der Waals surface area contributed by atoms with E-state index in [9.17, 15) is 0 Å². The number of hydrogen-bond acceptors (Lipinski definition) is 3. The van der Waals surface area contributed by atoms with Crippen LogP contribution in [0.1, 0.15) is 31.5 Å². The average Bonchev–Trinajstić information content (AvgIpc) is 2.38. The van der Waals surface area contributed by atoms with Gasteiger partial charge < -0.3 is 10.1 Å². The summed E-state index contributed by atoms with van der Waals surface area (Å²) in [5.74, 6) is 0.985. The molecule has 18 heavy (non-hydrogen) atoms. The molecule has 1 aromatic heterocycles. The fourth-order valence-corrected chi connectivity index (χ4v) is 3.17. The van der Waals surface area contributed by atoms with Gasteiger partial charge in [-0.1, -0.05) is 6.92 Å². The van der Waals surface area contributed by atoms with Crippen molar-refractivity contribution in [2.45, 2.75) is 25.8 Å². The number of ether oxygens (including phenoxy) is 1. The van der Waals surface area contributed by atoms with Crippen molar-refractivity contribution in [1.29, 1.82) is 0 Å². The van der Waals surface area contributed by atoms with Crippen molar-refractivity contribution in [3.63, 3.8) is 0 Å². The normalized spacial score (nSPS) is 16.9. The molecular weight excluding hydrogens is 360 g/mol. The molecule has 2 heterocycles. The second-order valence-corrected chi connectivity index (χ2v) is 5.88. The maximum absolute atomic E-state index is 5.76. The van der Waals surface area contributed by atoms with Crippen molar-refractivity contribution in [3.05, 3.63) is 38.7 Å². The predicted octanol–water partition coefficient (Wildman–Crippen LogP) is 3.95. The number of hydrogen-bond donors (Lipinski definition) is 1. The van der Waals surface area contributed by atoms with E-state index in [2.05, 4.69) is 55.2 Å². The molecule has 1 N–H and O–H groups in total. The molecule has 1 atom stereocenters. The number of halogens is 2. The van der Waals surface area contributed by atoms with E-state index in [1.165, 1.54) is 0 Å². The summed E-state index contributed by atoms with van der Waals surface area (Å²) >= 11 is 6.99. The molecule has 1 aliphatic rings. The fourth-order valence-electron chi connectivity index (χ4n) is 1.95. The van der Waals surface area contributed by atoms with Gasteiger partial charge in [0.2, 0.25) is 0 Å². The molecule has 3 nitrogen and oxygen atoms in total. The molecule has 98 valence electrons. The summed E-state index contributed by atoms with van der Waals surface area (Å²) in [7, 11) is 0. The minimum atomic E-state index is 0.0257. The lowest BCUT2D eigenvalue weighted by molar-refractivity contribution is 0.167. The minimum absolute atomic E-state index is 0.0257. The van der Waals surface area contributed by atoms with E-state index >= 15 is 0 Å². The average molecular weight is 376 g/mol. The monoisotopic (exact) mass is 374 g/mol. The zero-order valence-corrected chi connectivity index (χ0v) is 13.4. The fraction of sp³-hybridized carbons (Fsp3) is 0.462. The van der Waals surface area contributed by atoms with E-state index in [0.717, 1.165) is 46.4 Å². The smallest absolute Gasteiger partial charge is 0.115 e. The molecule has 0 fully saturated rings. The van der Waals surface area contributed by atoms with Crippen molar-refractivity contribution in [1.82, 2.24) is 10.3 Å². The van der Waals surface area contributed by atoms with E-state index in [0.29, 0.717) is 0 Å². The first-order chi connectivity index (χ1) is 8.72. The number of nitrogens with one attached hydrogen (secondary N) is 1. The van der Waals surface area contributed by atoms with E-state index in [1.807, 2.05) is 12.3 Å². The van der Waals surface area contributed by atoms with Gasteiger partial charge in [-0.3, -0.25) is 4.98 Å². The highest BCUT2D eigenvalue weighted by Gasteiger charge is 2.22. The van der Waals surface area contributed by atoms with Crippen LogP contribution in [0.25, 0.3) is 0 Å². The summed E-state index contributed by atoms with van der Waals surface area (Å²) in [5, 5.41) is 3.43. The molecule has 0 spiro atoms. The molecule has 0 amide bonds. The number of allylic oxidation sites excluding steroid dienone is 1. The molecule has 0 radical (unpaired) electrons. The highest BCUT2D eigenvalue weighted by molar-refractivity contribution is 9.11. The molecule has 1 unspecified atom stereocenters. The van der Waals surface area contributed by atoms with Crippen LogP contribution in [-0.2, 0) is 4.74 Å². The second kappa shape index (κ2) is 6.68. The first-order valence-corrected chi connectivity index (χ1v) is 7.68. The zero-order chi connectivity index (χ0) is 13.0. The van der Waals surface area contributed by atoms with Crippen LogP contribution in [0, 0.1) is 0 Å². The third-order valence-corrected chi connectivity index (χ3v) is 3.83. The van der Waals surface area contributed by atoms with Crippen LogP contribution < -0.4 is 5.32 Å². The highest BCUT2D eigenvalue weighted by Crippen LogP contribution is 2.30. The minimum Gasteiger partial charge on any atom is -0.496 e. The van der Waals surface area contributed by atoms with Crippen LogP contribution in [0.2, 0.25) is 0 Å². The molecule has 0 aliphatic carbocycles. The maximum Gasteiger partial charge on any atom is 0.115 e. The summed E-state index contributed by atoms with van der Waals surface area (Å²) in [4.78, 5) is 4.49. The molecule has 0 bridgehead atoms. The standard InChI is InChI=1S/C13H16Br2N2O/c1-2-16-13(11-5-3-4-6-18-11)12-10(15)7-9(14)8-17-12/h5,7-8,13,16H,2-4,6H2,1H3. The molecule has 0 saturated carbocycles. The van der Waals surface area contributed by atoms with Gasteiger partial charge >= 0.3 is 0 Å². The number of likely N-dealkylation sites (N-methyl/N-ethyl adjacent to an activating group) is 1. The first-order valence-electron chi connectivity index (χ1n) is 6.09. The summed E-state index contributed by atoms with van der Waals surface area (Å²) in [6, 6.07) is 2.04. The van der Waals surface area contributed by atoms with Crippen LogP contribution in [-0.4, -0.2) is 18.1 Å². The van der Waals surface area contributed by atoms with E-state index < -0.39 is 0 Å². The van der Waals surface area contributed by atoms with Gasteiger partial charge in [0.25, 0.3) is 0 Å². The zero-order valence-electron chi connectivity index (χ0n) is 10.2. The van der Waals surface area contributed by atoms with E-state index in [1.54, 1.807) is 0 Å². The van der Waals surface area contributed by atoms with Crippen molar-refractivity contribution >= 4 is 31.9 Å². The molecule has 5 heteroatoms. The molecular formula is C13H16Br2N2O. The van der Waals surface area contributed by atoms with Gasteiger partial charge in [0.15, 0.2) is 0 Å². The summed E-state index contributed by atoms with van der Waals surface area (Å²) in [5.41, 5.74) is 0.966. The lowest BCUT2D eigenvalue weighted by atomic mass is 10.1. The van der Waals surface area contributed by atoms with Crippen molar-refractivity contribution in [2.24, 2.45) is 0 Å². The number of aromatic nitrogens is 1. The molecule has 1 aromatic rings. The van der Waals surface area contributed by atoms with Crippen molar-refractivity contribution in [2.75, 3.05) is 13.2 Å². The van der Waals surface area contributed by atoms with Gasteiger partial charge in [0.05, 0.1) is 12.3 Å². The predicted molar refractivity (Wildman–Crippen MR) is 79.3 cm³/mol. The Balaban J connectivity index is 2.31. The lowest BCUT2D eigenvalue weighted by Crippen LogP contribution is -2.26. The molecule has 1 aliphatic heterocycles. The highest BCUT2D eigenvalue weighted by atomic mass is 79.9. The lowest BCUT2D eigenvalue weighted by Gasteiger charge is -2.24. The van der Waals surface area contributed by atoms with E-state index in [4.69, 9.17) is 4.74 Å². The Morgan fingerprint density at radius 2 is 2.33 bits per heavy atom. The van der Waals surface area contributed by atoms with Gasteiger partial charge in [-0.2, -0.15) is 0 Å². The van der Waals surface area contributed by atoms with Gasteiger partial charge in [0.1, 0.15) is 11.8 Å². The Hall–Kier alpha value is -0.390. The Labute approximate surface area is 124 Å². The Bertz CT molecular complexity index is 449. The second-order valence-electron chi connectivity index (χ2n) is 4.11. The van der Waals surface area contributed by atoms with Crippen LogP contribution in [0.5, 0.6) is 0 Å². The summed E-state index contributed by atoms with van der Waals surface area (Å²) in [6.07, 6.45) is 6.14. The summed E-state index contributed by atoms with van der Waals surface area (Å²) in [6.45, 7) is 3.75.